The van der Waals surface area contributed by atoms with Crippen LogP contribution in [0.25, 0.3) is 10.8 Å². The van der Waals surface area contributed by atoms with Gasteiger partial charge in [-0.05, 0) is 66.2 Å². The molecule has 29 heavy (non-hydrogen) atoms. The molecule has 1 aliphatic rings. The van der Waals surface area contributed by atoms with Crippen molar-refractivity contribution in [2.45, 2.75) is 6.92 Å². The van der Waals surface area contributed by atoms with Gasteiger partial charge in [0, 0.05) is 5.56 Å². The quantitative estimate of drug-likeness (QED) is 0.474. The van der Waals surface area contributed by atoms with E-state index >= 15 is 0 Å². The molecule has 0 radical (unpaired) electrons. The number of benzene rings is 4. The fraction of sp³-hybridized carbons (Fsp3) is 0.0400. The third-order valence-corrected chi connectivity index (χ3v) is 4.93. The van der Waals surface area contributed by atoms with Crippen LogP contribution in [-0.2, 0) is 4.79 Å². The molecule has 0 saturated heterocycles. The molecular weight excluding hydrogens is 360 g/mol. The van der Waals surface area contributed by atoms with E-state index in [1.165, 1.54) is 5.39 Å². The summed E-state index contributed by atoms with van der Waals surface area (Å²) < 4.78 is 5.98. The number of rotatable bonds is 3. The second kappa shape index (κ2) is 6.91. The van der Waals surface area contributed by atoms with Crippen LogP contribution in [0, 0.1) is 6.92 Å². The standard InChI is InChI=1S/C25H18N2O2/c1-16-6-13-23-22(14-16)24(25(28)27-23)26-19-8-11-20(12-9-19)29-21-10-7-17-4-2-3-5-18(17)15-21/h2-15H,1H3,(H,26,27,28). The summed E-state index contributed by atoms with van der Waals surface area (Å²) in [5.74, 6) is 1.32. The van der Waals surface area contributed by atoms with Crippen molar-refractivity contribution in [3.63, 3.8) is 0 Å². The fourth-order valence-corrected chi connectivity index (χ4v) is 3.46. The molecule has 0 unspecified atom stereocenters. The Kier molecular flexibility index (Phi) is 4.10. The average molecular weight is 378 g/mol. The summed E-state index contributed by atoms with van der Waals surface area (Å²) in [6.07, 6.45) is 0. The predicted octanol–water partition coefficient (Wildman–Crippen LogP) is 6.01. The molecule has 0 aromatic heterocycles. The van der Waals surface area contributed by atoms with Gasteiger partial charge in [-0.25, -0.2) is 4.99 Å². The number of nitrogens with one attached hydrogen (secondary N) is 1. The van der Waals surface area contributed by atoms with Crippen LogP contribution < -0.4 is 10.1 Å². The number of amides is 1. The number of aliphatic imine (C=N–C) groups is 1. The molecule has 1 heterocycles. The van der Waals surface area contributed by atoms with Crippen LogP contribution in [0.15, 0.2) is 89.9 Å². The summed E-state index contributed by atoms with van der Waals surface area (Å²) >= 11 is 0. The zero-order valence-electron chi connectivity index (χ0n) is 15.8. The highest BCUT2D eigenvalue weighted by Gasteiger charge is 2.25. The molecule has 1 N–H and O–H groups in total. The van der Waals surface area contributed by atoms with E-state index < -0.39 is 0 Å². The van der Waals surface area contributed by atoms with E-state index in [4.69, 9.17) is 4.74 Å². The van der Waals surface area contributed by atoms with E-state index in [0.29, 0.717) is 11.4 Å². The van der Waals surface area contributed by atoms with Crippen molar-refractivity contribution < 1.29 is 9.53 Å². The number of anilines is 1. The molecular formula is C25H18N2O2. The van der Waals surface area contributed by atoms with Gasteiger partial charge in [0.05, 0.1) is 11.4 Å². The predicted molar refractivity (Wildman–Crippen MR) is 116 cm³/mol. The van der Waals surface area contributed by atoms with Crippen LogP contribution in [0.3, 0.4) is 0 Å². The summed E-state index contributed by atoms with van der Waals surface area (Å²) in [5.41, 5.74) is 3.87. The van der Waals surface area contributed by atoms with Crippen LogP contribution in [0.4, 0.5) is 11.4 Å². The number of fused-ring (bicyclic) bond motifs is 2. The first-order valence-electron chi connectivity index (χ1n) is 9.43. The molecule has 0 saturated carbocycles. The van der Waals surface area contributed by atoms with E-state index in [9.17, 15) is 4.79 Å². The molecule has 0 spiro atoms. The van der Waals surface area contributed by atoms with Crippen LogP contribution in [0.2, 0.25) is 0 Å². The molecule has 5 rings (SSSR count). The molecule has 140 valence electrons. The van der Waals surface area contributed by atoms with Crippen molar-refractivity contribution in [3.8, 4) is 11.5 Å². The lowest BCUT2D eigenvalue weighted by molar-refractivity contribution is -0.110. The molecule has 1 aliphatic heterocycles. The SMILES string of the molecule is Cc1ccc2c(c1)C(=Nc1ccc(Oc3ccc4ccccc4c3)cc1)C(=O)N2. The van der Waals surface area contributed by atoms with Gasteiger partial charge in [0.15, 0.2) is 0 Å². The van der Waals surface area contributed by atoms with Crippen LogP contribution >= 0.6 is 0 Å². The highest BCUT2D eigenvalue weighted by Crippen LogP contribution is 2.29. The Morgan fingerprint density at radius 2 is 1.55 bits per heavy atom. The van der Waals surface area contributed by atoms with E-state index in [0.717, 1.165) is 33.7 Å². The summed E-state index contributed by atoms with van der Waals surface area (Å²) in [7, 11) is 0. The maximum absolute atomic E-state index is 12.3. The number of carbonyl (C=O) groups is 1. The van der Waals surface area contributed by atoms with Crippen molar-refractivity contribution in [3.05, 3.63) is 96.1 Å². The van der Waals surface area contributed by atoms with Gasteiger partial charge < -0.3 is 10.1 Å². The smallest absolute Gasteiger partial charge is 0.275 e. The Morgan fingerprint density at radius 3 is 2.38 bits per heavy atom. The molecule has 1 amide bonds. The van der Waals surface area contributed by atoms with Crippen molar-refractivity contribution in [2.75, 3.05) is 5.32 Å². The van der Waals surface area contributed by atoms with Gasteiger partial charge in [0.2, 0.25) is 0 Å². The highest BCUT2D eigenvalue weighted by molar-refractivity contribution is 6.54. The van der Waals surface area contributed by atoms with Crippen molar-refractivity contribution in [2.24, 2.45) is 4.99 Å². The van der Waals surface area contributed by atoms with Gasteiger partial charge in [-0.2, -0.15) is 0 Å². The summed E-state index contributed by atoms with van der Waals surface area (Å²) in [6, 6.07) is 27.5. The minimum Gasteiger partial charge on any atom is -0.457 e. The molecule has 0 fully saturated rings. The maximum atomic E-state index is 12.3. The lowest BCUT2D eigenvalue weighted by atomic mass is 10.1. The number of hydrogen-bond acceptors (Lipinski definition) is 3. The Bertz CT molecular complexity index is 1270. The third kappa shape index (κ3) is 3.36. The zero-order valence-corrected chi connectivity index (χ0v) is 15.8. The first-order chi connectivity index (χ1) is 14.2. The number of carbonyl (C=O) groups excluding carboxylic acids is 1. The summed E-state index contributed by atoms with van der Waals surface area (Å²) in [5, 5.41) is 5.17. The number of hydrogen-bond donors (Lipinski definition) is 1. The Hall–Kier alpha value is -3.92. The van der Waals surface area contributed by atoms with Crippen LogP contribution in [0.1, 0.15) is 11.1 Å². The van der Waals surface area contributed by atoms with E-state index in [1.807, 2.05) is 79.7 Å². The van der Waals surface area contributed by atoms with E-state index in [2.05, 4.69) is 22.4 Å². The lowest BCUT2D eigenvalue weighted by Crippen LogP contribution is -2.13. The fourth-order valence-electron chi connectivity index (χ4n) is 3.46. The second-order valence-electron chi connectivity index (χ2n) is 7.07. The van der Waals surface area contributed by atoms with Gasteiger partial charge in [-0.1, -0.05) is 42.0 Å². The summed E-state index contributed by atoms with van der Waals surface area (Å²) in [4.78, 5) is 16.9. The second-order valence-corrected chi connectivity index (χ2v) is 7.07. The molecule has 4 aromatic rings. The number of nitrogens with zero attached hydrogens (tertiary/aromatic N) is 1. The minimum atomic E-state index is -0.179. The number of ether oxygens (including phenoxy) is 1. The number of aryl methyl sites for hydroxylation is 1. The Morgan fingerprint density at radius 1 is 0.793 bits per heavy atom. The van der Waals surface area contributed by atoms with E-state index in [-0.39, 0.29) is 5.91 Å². The highest BCUT2D eigenvalue weighted by atomic mass is 16.5. The molecule has 4 heteroatoms. The topological polar surface area (TPSA) is 50.7 Å². The molecule has 4 aromatic carbocycles. The summed E-state index contributed by atoms with van der Waals surface area (Å²) in [6.45, 7) is 2.00. The third-order valence-electron chi connectivity index (χ3n) is 4.93. The van der Waals surface area contributed by atoms with Gasteiger partial charge in [-0.3, -0.25) is 4.79 Å². The first kappa shape index (κ1) is 17.2. The normalized spacial score (nSPS) is 14.1. The minimum absolute atomic E-state index is 0.179. The van der Waals surface area contributed by atoms with Crippen LogP contribution in [-0.4, -0.2) is 11.6 Å². The van der Waals surface area contributed by atoms with E-state index in [1.54, 1.807) is 0 Å². The lowest BCUT2D eigenvalue weighted by Gasteiger charge is -2.07. The van der Waals surface area contributed by atoms with Gasteiger partial charge in [0.25, 0.3) is 5.91 Å². The molecule has 0 bridgehead atoms. The maximum Gasteiger partial charge on any atom is 0.275 e. The van der Waals surface area contributed by atoms with Gasteiger partial charge in [-0.15, -0.1) is 0 Å². The first-order valence-corrected chi connectivity index (χ1v) is 9.43. The zero-order chi connectivity index (χ0) is 19.8. The van der Waals surface area contributed by atoms with Gasteiger partial charge >= 0.3 is 0 Å². The Labute approximate surface area is 168 Å². The Balaban J connectivity index is 1.40. The largest absolute Gasteiger partial charge is 0.457 e. The van der Waals surface area contributed by atoms with Crippen molar-refractivity contribution in [1.29, 1.82) is 0 Å². The van der Waals surface area contributed by atoms with Gasteiger partial charge in [0.1, 0.15) is 17.2 Å². The van der Waals surface area contributed by atoms with Crippen LogP contribution in [0.5, 0.6) is 11.5 Å². The molecule has 0 aliphatic carbocycles. The molecule has 0 atom stereocenters. The van der Waals surface area contributed by atoms with Crippen molar-refractivity contribution >= 4 is 33.8 Å². The van der Waals surface area contributed by atoms with Crippen molar-refractivity contribution in [1.82, 2.24) is 0 Å². The average Bonchev–Trinajstić information content (AvgIpc) is 3.04. The monoisotopic (exact) mass is 378 g/mol. The molecule has 4 nitrogen and oxygen atoms in total.